The van der Waals surface area contributed by atoms with Gasteiger partial charge in [-0.15, -0.1) is 0 Å². The predicted octanol–water partition coefficient (Wildman–Crippen LogP) is 3.03. The van der Waals surface area contributed by atoms with Crippen molar-refractivity contribution in [1.82, 2.24) is 0 Å². The third-order valence-corrected chi connectivity index (χ3v) is 4.85. The summed E-state index contributed by atoms with van der Waals surface area (Å²) in [6, 6.07) is 6.66. The standard InChI is InChI=1S/C20H14/c1-2-11-20-12-4-7-15-10-9-14-5-3-6-16(13-17(20)8-1)18(14)19(15)20/h1-9,11-13H,10H2. The summed E-state index contributed by atoms with van der Waals surface area (Å²) in [5, 5.41) is 2.83. The Morgan fingerprint density at radius 1 is 1.00 bits per heavy atom. The molecule has 4 aliphatic carbocycles. The van der Waals surface area contributed by atoms with E-state index in [9.17, 15) is 0 Å². The summed E-state index contributed by atoms with van der Waals surface area (Å²) in [6.07, 6.45) is 21.6. The Morgan fingerprint density at radius 2 is 1.95 bits per heavy atom. The van der Waals surface area contributed by atoms with E-state index in [0.29, 0.717) is 0 Å². The molecule has 0 aromatic heterocycles. The molecule has 1 aromatic carbocycles. The van der Waals surface area contributed by atoms with Crippen molar-refractivity contribution in [2.24, 2.45) is 5.41 Å². The highest BCUT2D eigenvalue weighted by atomic mass is 14.4. The van der Waals surface area contributed by atoms with Crippen molar-refractivity contribution in [2.45, 2.75) is 6.42 Å². The van der Waals surface area contributed by atoms with Gasteiger partial charge in [-0.2, -0.15) is 0 Å². The van der Waals surface area contributed by atoms with E-state index in [0.717, 1.165) is 6.42 Å². The first-order chi connectivity index (χ1) is 9.88. The molecule has 0 heteroatoms. The van der Waals surface area contributed by atoms with Crippen LogP contribution in [0.2, 0.25) is 0 Å². The number of benzene rings is 1. The first kappa shape index (κ1) is 10.4. The Kier molecular flexibility index (Phi) is 1.78. The molecular weight excluding hydrogens is 240 g/mol. The van der Waals surface area contributed by atoms with Gasteiger partial charge in [-0.05, 0) is 45.2 Å². The molecule has 4 aliphatic rings. The van der Waals surface area contributed by atoms with Gasteiger partial charge in [0.1, 0.15) is 0 Å². The van der Waals surface area contributed by atoms with Crippen LogP contribution in [0.1, 0.15) is 12.0 Å². The summed E-state index contributed by atoms with van der Waals surface area (Å²) in [5.41, 5.74) is 5.70. The monoisotopic (exact) mass is 254 g/mol. The third kappa shape index (κ3) is 1.09. The maximum Gasteiger partial charge on any atom is 0.0578 e. The zero-order valence-electron chi connectivity index (χ0n) is 11.1. The van der Waals surface area contributed by atoms with Crippen molar-refractivity contribution >= 4 is 17.7 Å². The third-order valence-electron chi connectivity index (χ3n) is 4.85. The molecule has 0 saturated carbocycles. The van der Waals surface area contributed by atoms with Crippen molar-refractivity contribution in [2.75, 3.05) is 0 Å². The van der Waals surface area contributed by atoms with Crippen LogP contribution in [0.25, 0.3) is 17.7 Å². The molecule has 5 rings (SSSR count). The Balaban J connectivity index is 2.07. The van der Waals surface area contributed by atoms with Gasteiger partial charge < -0.3 is 0 Å². The second kappa shape index (κ2) is 3.40. The highest BCUT2D eigenvalue weighted by Crippen LogP contribution is 2.50. The molecule has 0 amide bonds. The molecule has 0 N–H and O–H groups in total. The van der Waals surface area contributed by atoms with E-state index in [-0.39, 0.29) is 5.41 Å². The van der Waals surface area contributed by atoms with E-state index in [1.807, 2.05) is 0 Å². The molecule has 1 spiro atoms. The van der Waals surface area contributed by atoms with Crippen molar-refractivity contribution in [3.05, 3.63) is 87.9 Å². The van der Waals surface area contributed by atoms with Crippen LogP contribution in [-0.2, 0) is 0 Å². The highest BCUT2D eigenvalue weighted by Gasteiger charge is 2.39. The lowest BCUT2D eigenvalue weighted by Gasteiger charge is -2.40. The summed E-state index contributed by atoms with van der Waals surface area (Å²) in [5.74, 6) is 0. The van der Waals surface area contributed by atoms with Crippen LogP contribution < -0.4 is 10.4 Å². The summed E-state index contributed by atoms with van der Waals surface area (Å²) < 4.78 is 0. The molecule has 0 radical (unpaired) electrons. The summed E-state index contributed by atoms with van der Waals surface area (Å²) >= 11 is 0. The average molecular weight is 254 g/mol. The van der Waals surface area contributed by atoms with Crippen LogP contribution in [0.4, 0.5) is 0 Å². The largest absolute Gasteiger partial charge is 0.0722 e. The number of rotatable bonds is 0. The van der Waals surface area contributed by atoms with E-state index < -0.39 is 0 Å². The van der Waals surface area contributed by atoms with Gasteiger partial charge in [0.05, 0.1) is 5.41 Å². The molecule has 1 unspecified atom stereocenters. The average Bonchev–Trinajstić information content (AvgIpc) is 2.50. The van der Waals surface area contributed by atoms with Gasteiger partial charge >= 0.3 is 0 Å². The number of hydrogen-bond acceptors (Lipinski definition) is 0. The van der Waals surface area contributed by atoms with E-state index in [1.54, 1.807) is 0 Å². The van der Waals surface area contributed by atoms with Gasteiger partial charge in [0.15, 0.2) is 0 Å². The predicted molar refractivity (Wildman–Crippen MR) is 84.1 cm³/mol. The topological polar surface area (TPSA) is 0 Å². The maximum atomic E-state index is 2.36. The maximum absolute atomic E-state index is 2.36. The Hall–Kier alpha value is -2.34. The van der Waals surface area contributed by atoms with E-state index in [2.05, 4.69) is 72.9 Å². The normalized spacial score (nSPS) is 27.3. The quantitative estimate of drug-likeness (QED) is 0.667. The number of hydrogen-bond donors (Lipinski definition) is 0. The summed E-state index contributed by atoms with van der Waals surface area (Å²) in [7, 11) is 0. The zero-order chi connectivity index (χ0) is 13.2. The number of allylic oxidation sites excluding steroid dienone is 9. The van der Waals surface area contributed by atoms with Crippen LogP contribution >= 0.6 is 0 Å². The molecule has 20 heavy (non-hydrogen) atoms. The lowest BCUT2D eigenvalue weighted by Crippen LogP contribution is -2.42. The lowest BCUT2D eigenvalue weighted by atomic mass is 9.62. The van der Waals surface area contributed by atoms with Gasteiger partial charge in [0.25, 0.3) is 0 Å². The molecule has 0 bridgehead atoms. The van der Waals surface area contributed by atoms with Crippen LogP contribution in [0.15, 0.2) is 71.9 Å². The van der Waals surface area contributed by atoms with Gasteiger partial charge in [-0.3, -0.25) is 0 Å². The van der Waals surface area contributed by atoms with Crippen LogP contribution in [0, 0.1) is 5.41 Å². The fraction of sp³-hybridized carbons (Fsp3) is 0.100. The van der Waals surface area contributed by atoms with Crippen LogP contribution in [0.5, 0.6) is 0 Å². The SMILES string of the molecule is C1=CC2=Cc3cccc4c3=C3C(=CC=CC23C=C1)CC=4. The summed E-state index contributed by atoms with van der Waals surface area (Å²) in [4.78, 5) is 0. The molecule has 0 nitrogen and oxygen atoms in total. The van der Waals surface area contributed by atoms with Gasteiger partial charge in [-0.25, -0.2) is 0 Å². The Bertz CT molecular complexity index is 913. The molecule has 0 heterocycles. The van der Waals surface area contributed by atoms with E-state index in [1.165, 1.54) is 32.7 Å². The molecule has 0 fully saturated rings. The second-order valence-corrected chi connectivity index (χ2v) is 5.83. The smallest absolute Gasteiger partial charge is 0.0578 e. The molecular formula is C20H14. The van der Waals surface area contributed by atoms with Crippen molar-refractivity contribution in [3.8, 4) is 0 Å². The highest BCUT2D eigenvalue weighted by molar-refractivity contribution is 5.89. The summed E-state index contributed by atoms with van der Waals surface area (Å²) in [6.45, 7) is 0. The molecule has 0 saturated heterocycles. The van der Waals surface area contributed by atoms with Gasteiger partial charge in [0.2, 0.25) is 0 Å². The zero-order valence-corrected chi connectivity index (χ0v) is 11.1. The molecule has 1 atom stereocenters. The van der Waals surface area contributed by atoms with Crippen LogP contribution in [0.3, 0.4) is 0 Å². The second-order valence-electron chi connectivity index (χ2n) is 5.83. The minimum Gasteiger partial charge on any atom is -0.0722 e. The Labute approximate surface area is 118 Å². The van der Waals surface area contributed by atoms with Crippen molar-refractivity contribution < 1.29 is 0 Å². The minimum absolute atomic E-state index is 0.0316. The van der Waals surface area contributed by atoms with Crippen molar-refractivity contribution in [3.63, 3.8) is 0 Å². The molecule has 94 valence electrons. The Morgan fingerprint density at radius 3 is 2.95 bits per heavy atom. The minimum atomic E-state index is -0.0316. The van der Waals surface area contributed by atoms with E-state index in [4.69, 9.17) is 0 Å². The first-order valence-corrected chi connectivity index (χ1v) is 7.19. The molecule has 1 aromatic rings. The molecule has 0 aliphatic heterocycles. The van der Waals surface area contributed by atoms with Crippen molar-refractivity contribution in [1.29, 1.82) is 0 Å². The fourth-order valence-corrected chi connectivity index (χ4v) is 3.99. The van der Waals surface area contributed by atoms with E-state index >= 15 is 0 Å². The fourth-order valence-electron chi connectivity index (χ4n) is 3.99. The van der Waals surface area contributed by atoms with Gasteiger partial charge in [-0.1, -0.05) is 66.8 Å². The van der Waals surface area contributed by atoms with Crippen LogP contribution in [-0.4, -0.2) is 0 Å². The van der Waals surface area contributed by atoms with Gasteiger partial charge in [0, 0.05) is 0 Å². The lowest BCUT2D eigenvalue weighted by molar-refractivity contribution is 0.773. The first-order valence-electron chi connectivity index (χ1n) is 7.19.